The highest BCUT2D eigenvalue weighted by atomic mass is 16.5. The summed E-state index contributed by atoms with van der Waals surface area (Å²) >= 11 is 0. The molecule has 0 bridgehead atoms. The van der Waals surface area contributed by atoms with E-state index in [0.29, 0.717) is 0 Å². The Bertz CT molecular complexity index is 120. The van der Waals surface area contributed by atoms with Crippen LogP contribution >= 0.6 is 0 Å². The molecule has 0 aliphatic heterocycles. The number of esters is 1. The second-order valence-corrected chi connectivity index (χ2v) is 2.12. The molecule has 1 N–H and O–H groups in total. The minimum atomic E-state index is -0.444. The van der Waals surface area contributed by atoms with Crippen LogP contribution in [-0.4, -0.2) is 24.3 Å². The van der Waals surface area contributed by atoms with E-state index < -0.39 is 5.97 Å². The fourth-order valence-electron chi connectivity index (χ4n) is 0.336. The minimum Gasteiger partial charge on any atom is -0.462 e. The molecule has 3 heteroatoms. The number of hydrogen-bond donors (Lipinski definition) is 1. The molecule has 0 spiro atoms. The molecule has 10 heavy (non-hydrogen) atoms. The lowest BCUT2D eigenvalue weighted by atomic mass is 10.2. The standard InChI is InChI=1S/C7H12O3/c1-3-7(9)10-5-6(2)4-8/h3,6,8H,1,4-5H2,2H3. The van der Waals surface area contributed by atoms with Gasteiger partial charge in [0.1, 0.15) is 0 Å². The summed E-state index contributed by atoms with van der Waals surface area (Å²) in [4.78, 5) is 10.4. The number of ether oxygens (including phenoxy) is 1. The van der Waals surface area contributed by atoms with Crippen molar-refractivity contribution >= 4 is 5.97 Å². The molecule has 0 aromatic heterocycles. The smallest absolute Gasteiger partial charge is 0.330 e. The lowest BCUT2D eigenvalue weighted by Gasteiger charge is -2.06. The molecule has 0 saturated carbocycles. The van der Waals surface area contributed by atoms with Gasteiger partial charge in [0.05, 0.1) is 6.61 Å². The van der Waals surface area contributed by atoms with E-state index in [2.05, 4.69) is 11.3 Å². The summed E-state index contributed by atoms with van der Waals surface area (Å²) in [5.41, 5.74) is 0. The van der Waals surface area contributed by atoms with Gasteiger partial charge in [-0.3, -0.25) is 0 Å². The molecular formula is C7H12O3. The van der Waals surface area contributed by atoms with Crippen LogP contribution in [0.1, 0.15) is 6.92 Å². The van der Waals surface area contributed by atoms with Crippen LogP contribution in [0.4, 0.5) is 0 Å². The molecule has 0 radical (unpaired) electrons. The predicted octanol–water partition coefficient (Wildman–Crippen LogP) is 0.344. The Morgan fingerprint density at radius 2 is 2.50 bits per heavy atom. The van der Waals surface area contributed by atoms with E-state index in [1.807, 2.05) is 0 Å². The van der Waals surface area contributed by atoms with Crippen molar-refractivity contribution in [1.29, 1.82) is 0 Å². The van der Waals surface area contributed by atoms with Gasteiger partial charge in [0, 0.05) is 18.6 Å². The maximum Gasteiger partial charge on any atom is 0.330 e. The van der Waals surface area contributed by atoms with E-state index in [9.17, 15) is 4.79 Å². The number of hydrogen-bond acceptors (Lipinski definition) is 3. The van der Waals surface area contributed by atoms with Gasteiger partial charge in [-0.25, -0.2) is 4.79 Å². The van der Waals surface area contributed by atoms with E-state index in [-0.39, 0.29) is 19.1 Å². The molecule has 0 aliphatic rings. The van der Waals surface area contributed by atoms with E-state index in [4.69, 9.17) is 5.11 Å². The molecule has 0 saturated heterocycles. The van der Waals surface area contributed by atoms with Crippen molar-refractivity contribution in [2.24, 2.45) is 5.92 Å². The molecule has 0 fully saturated rings. The van der Waals surface area contributed by atoms with Gasteiger partial charge in [-0.05, 0) is 0 Å². The van der Waals surface area contributed by atoms with Crippen molar-refractivity contribution in [1.82, 2.24) is 0 Å². The molecular weight excluding hydrogens is 132 g/mol. The fraction of sp³-hybridized carbons (Fsp3) is 0.571. The first-order valence-electron chi connectivity index (χ1n) is 3.10. The van der Waals surface area contributed by atoms with Gasteiger partial charge in [-0.1, -0.05) is 13.5 Å². The molecule has 0 rings (SSSR count). The monoisotopic (exact) mass is 144 g/mol. The number of aliphatic hydroxyl groups excluding tert-OH is 1. The highest BCUT2D eigenvalue weighted by Crippen LogP contribution is 1.93. The normalized spacial score (nSPS) is 12.2. The summed E-state index contributed by atoms with van der Waals surface area (Å²) in [5.74, 6) is -0.441. The Morgan fingerprint density at radius 1 is 1.90 bits per heavy atom. The second-order valence-electron chi connectivity index (χ2n) is 2.12. The molecule has 58 valence electrons. The molecule has 0 heterocycles. The SMILES string of the molecule is C=CC(=O)OCC(C)CO. The summed E-state index contributed by atoms with van der Waals surface area (Å²) in [6.45, 7) is 5.30. The van der Waals surface area contributed by atoms with Crippen molar-refractivity contribution < 1.29 is 14.6 Å². The summed E-state index contributed by atoms with van der Waals surface area (Å²) in [6, 6.07) is 0. The minimum absolute atomic E-state index is 0.00361. The van der Waals surface area contributed by atoms with E-state index >= 15 is 0 Å². The Balaban J connectivity index is 3.34. The highest BCUT2D eigenvalue weighted by Gasteiger charge is 2.01. The van der Waals surface area contributed by atoms with Crippen molar-refractivity contribution in [2.45, 2.75) is 6.92 Å². The van der Waals surface area contributed by atoms with Crippen molar-refractivity contribution in [2.75, 3.05) is 13.2 Å². The summed E-state index contributed by atoms with van der Waals surface area (Å²) in [5, 5.41) is 8.50. The highest BCUT2D eigenvalue weighted by molar-refractivity contribution is 5.81. The molecule has 1 atom stereocenters. The Kier molecular flexibility index (Phi) is 4.58. The first-order valence-corrected chi connectivity index (χ1v) is 3.10. The summed E-state index contributed by atoms with van der Waals surface area (Å²) in [6.07, 6.45) is 1.10. The summed E-state index contributed by atoms with van der Waals surface area (Å²) < 4.78 is 4.63. The second kappa shape index (κ2) is 4.99. The van der Waals surface area contributed by atoms with Crippen molar-refractivity contribution in [3.8, 4) is 0 Å². The Labute approximate surface area is 60.3 Å². The Morgan fingerprint density at radius 3 is 2.90 bits per heavy atom. The number of carbonyl (C=O) groups is 1. The van der Waals surface area contributed by atoms with Gasteiger partial charge >= 0.3 is 5.97 Å². The number of carbonyl (C=O) groups excluding carboxylic acids is 1. The average Bonchev–Trinajstić information content (AvgIpc) is 1.99. The lowest BCUT2D eigenvalue weighted by molar-refractivity contribution is -0.139. The van der Waals surface area contributed by atoms with Crippen molar-refractivity contribution in [3.05, 3.63) is 12.7 Å². The molecule has 0 amide bonds. The first kappa shape index (κ1) is 9.17. The van der Waals surface area contributed by atoms with Crippen LogP contribution < -0.4 is 0 Å². The maximum absolute atomic E-state index is 10.4. The van der Waals surface area contributed by atoms with Crippen LogP contribution in [0.5, 0.6) is 0 Å². The zero-order valence-corrected chi connectivity index (χ0v) is 6.04. The van der Waals surface area contributed by atoms with Gasteiger partial charge in [-0.15, -0.1) is 0 Å². The predicted molar refractivity (Wildman–Crippen MR) is 37.4 cm³/mol. The lowest BCUT2D eigenvalue weighted by Crippen LogP contribution is -2.12. The van der Waals surface area contributed by atoms with Crippen molar-refractivity contribution in [3.63, 3.8) is 0 Å². The van der Waals surface area contributed by atoms with Crippen LogP contribution in [0.2, 0.25) is 0 Å². The molecule has 3 nitrogen and oxygen atoms in total. The van der Waals surface area contributed by atoms with Crippen LogP contribution in [-0.2, 0) is 9.53 Å². The van der Waals surface area contributed by atoms with E-state index in [1.165, 1.54) is 0 Å². The summed E-state index contributed by atoms with van der Waals surface area (Å²) in [7, 11) is 0. The van der Waals surface area contributed by atoms with Gasteiger partial charge in [0.25, 0.3) is 0 Å². The average molecular weight is 144 g/mol. The third-order valence-corrected chi connectivity index (χ3v) is 0.988. The third-order valence-electron chi connectivity index (χ3n) is 0.988. The molecule has 0 aliphatic carbocycles. The van der Waals surface area contributed by atoms with Crippen LogP contribution in [0.15, 0.2) is 12.7 Å². The van der Waals surface area contributed by atoms with Gasteiger partial charge in [0.2, 0.25) is 0 Å². The zero-order valence-electron chi connectivity index (χ0n) is 6.04. The Hall–Kier alpha value is -0.830. The molecule has 0 aromatic carbocycles. The van der Waals surface area contributed by atoms with Crippen LogP contribution in [0.25, 0.3) is 0 Å². The van der Waals surface area contributed by atoms with Gasteiger partial charge < -0.3 is 9.84 Å². The first-order chi connectivity index (χ1) is 4.70. The van der Waals surface area contributed by atoms with Gasteiger partial charge in [-0.2, -0.15) is 0 Å². The molecule has 1 unspecified atom stereocenters. The third kappa shape index (κ3) is 4.09. The quantitative estimate of drug-likeness (QED) is 0.457. The van der Waals surface area contributed by atoms with Crippen LogP contribution in [0, 0.1) is 5.92 Å². The fourth-order valence-corrected chi connectivity index (χ4v) is 0.336. The number of aliphatic hydroxyl groups is 1. The van der Waals surface area contributed by atoms with Gasteiger partial charge in [0.15, 0.2) is 0 Å². The topological polar surface area (TPSA) is 46.5 Å². The van der Waals surface area contributed by atoms with Crippen LogP contribution in [0.3, 0.4) is 0 Å². The largest absolute Gasteiger partial charge is 0.462 e. The zero-order chi connectivity index (χ0) is 7.98. The van der Waals surface area contributed by atoms with E-state index in [0.717, 1.165) is 6.08 Å². The molecule has 0 aromatic rings. The number of rotatable bonds is 4. The maximum atomic E-state index is 10.4. The van der Waals surface area contributed by atoms with E-state index in [1.54, 1.807) is 6.92 Å².